The average Bonchev–Trinajstić information content (AvgIpc) is 3.22. The van der Waals surface area contributed by atoms with Crippen molar-refractivity contribution in [2.75, 3.05) is 13.2 Å². The topological polar surface area (TPSA) is 95.9 Å². The number of carbonyl (C=O) groups excluding carboxylic acids is 2. The second kappa shape index (κ2) is 48.3. The first-order chi connectivity index (χ1) is 28.5. The van der Waals surface area contributed by atoms with Gasteiger partial charge in [0, 0.05) is 12.8 Å². The van der Waals surface area contributed by atoms with Crippen LogP contribution in [0.15, 0.2) is 12.2 Å². The maximum absolute atomic E-state index is 12.4. The molecule has 0 heterocycles. The van der Waals surface area contributed by atoms with E-state index in [2.05, 4.69) is 31.3 Å². The first-order valence-electron chi connectivity index (χ1n) is 25.9. The predicted molar refractivity (Wildman–Crippen MR) is 250 cm³/mol. The van der Waals surface area contributed by atoms with Gasteiger partial charge in [-0.2, -0.15) is 0 Å². The number of hydrogen-bond acceptors (Lipinski definition) is 5. The molecule has 2 unspecified atom stereocenters. The lowest BCUT2D eigenvalue weighted by Crippen LogP contribution is -2.45. The Hall–Kier alpha value is -1.40. The lowest BCUT2D eigenvalue weighted by atomic mass is 10.0. The van der Waals surface area contributed by atoms with Gasteiger partial charge in [-0.1, -0.05) is 231 Å². The van der Waals surface area contributed by atoms with E-state index in [9.17, 15) is 19.8 Å². The molecule has 6 heteroatoms. The van der Waals surface area contributed by atoms with Gasteiger partial charge in [-0.05, 0) is 51.4 Å². The summed E-state index contributed by atoms with van der Waals surface area (Å²) in [6.07, 6.45) is 54.8. The number of amides is 1. The number of allylic oxidation sites excluding steroid dienone is 2. The van der Waals surface area contributed by atoms with Crippen LogP contribution in [0.5, 0.6) is 0 Å². The molecule has 0 aliphatic rings. The van der Waals surface area contributed by atoms with Gasteiger partial charge >= 0.3 is 5.97 Å². The van der Waals surface area contributed by atoms with Gasteiger partial charge in [0.05, 0.1) is 25.4 Å². The molecule has 58 heavy (non-hydrogen) atoms. The summed E-state index contributed by atoms with van der Waals surface area (Å²) in [5.41, 5.74) is 0. The zero-order valence-electron chi connectivity index (χ0n) is 39.0. The van der Waals surface area contributed by atoms with Crippen LogP contribution in [0.25, 0.3) is 0 Å². The molecule has 0 aromatic rings. The highest BCUT2D eigenvalue weighted by molar-refractivity contribution is 5.76. The third-order valence-corrected chi connectivity index (χ3v) is 12.1. The van der Waals surface area contributed by atoms with Crippen LogP contribution in [-0.4, -0.2) is 47.4 Å². The summed E-state index contributed by atoms with van der Waals surface area (Å²) in [6, 6.07) is -0.560. The molecule has 1 amide bonds. The monoisotopic (exact) mass is 820 g/mol. The molecule has 0 fully saturated rings. The summed E-state index contributed by atoms with van der Waals surface area (Å²) in [5, 5.41) is 23.1. The molecule has 6 nitrogen and oxygen atoms in total. The zero-order chi connectivity index (χ0) is 42.3. The van der Waals surface area contributed by atoms with E-state index in [1.165, 1.54) is 173 Å². The SMILES string of the molecule is CCCCCCCCCCCCCCCCCCCCCC(=O)OCCCC/C=C\CCCCCCCC(=O)NC(CO)C(O)CCCCCCCCCCCCC. The molecule has 3 N–H and O–H groups in total. The van der Waals surface area contributed by atoms with Crippen molar-refractivity contribution in [1.29, 1.82) is 0 Å². The highest BCUT2D eigenvalue weighted by atomic mass is 16.5. The van der Waals surface area contributed by atoms with Crippen molar-refractivity contribution in [1.82, 2.24) is 5.32 Å². The van der Waals surface area contributed by atoms with Crippen molar-refractivity contribution >= 4 is 11.9 Å². The lowest BCUT2D eigenvalue weighted by molar-refractivity contribution is -0.143. The van der Waals surface area contributed by atoms with Gasteiger partial charge in [-0.15, -0.1) is 0 Å². The van der Waals surface area contributed by atoms with Crippen molar-refractivity contribution in [3.05, 3.63) is 12.2 Å². The molecule has 0 aromatic heterocycles. The van der Waals surface area contributed by atoms with E-state index in [0.29, 0.717) is 25.9 Å². The molecule has 0 aliphatic carbocycles. The van der Waals surface area contributed by atoms with Gasteiger partial charge in [0.2, 0.25) is 5.91 Å². The summed E-state index contributed by atoms with van der Waals surface area (Å²) >= 11 is 0. The second-order valence-corrected chi connectivity index (χ2v) is 17.9. The van der Waals surface area contributed by atoms with Crippen LogP contribution in [0.4, 0.5) is 0 Å². The lowest BCUT2D eigenvalue weighted by Gasteiger charge is -2.22. The molecule has 344 valence electrons. The van der Waals surface area contributed by atoms with Crippen LogP contribution in [0, 0.1) is 0 Å². The van der Waals surface area contributed by atoms with Gasteiger partial charge in [-0.25, -0.2) is 0 Å². The molecule has 0 aliphatic heterocycles. The standard InChI is InChI=1S/C52H101NO5/c1-3-5-7-9-11-13-15-16-17-18-19-20-21-22-26-30-34-38-42-46-52(57)58-47-43-39-35-31-27-23-25-29-33-37-41-45-51(56)53-49(48-54)50(55)44-40-36-32-28-24-14-12-10-8-6-4-2/h27,31,49-50,54-55H,3-26,28-30,32-48H2,1-2H3,(H,53,56)/b31-27-. The van der Waals surface area contributed by atoms with E-state index in [4.69, 9.17) is 4.74 Å². The smallest absolute Gasteiger partial charge is 0.305 e. The van der Waals surface area contributed by atoms with Crippen molar-refractivity contribution in [3.8, 4) is 0 Å². The van der Waals surface area contributed by atoms with Crippen LogP contribution in [-0.2, 0) is 14.3 Å². The molecule has 0 saturated heterocycles. The summed E-state index contributed by atoms with van der Waals surface area (Å²) in [4.78, 5) is 24.5. The normalized spacial score (nSPS) is 12.7. The fourth-order valence-electron chi connectivity index (χ4n) is 8.05. The fraction of sp³-hybridized carbons (Fsp3) is 0.923. The largest absolute Gasteiger partial charge is 0.466 e. The molecular weight excluding hydrogens is 719 g/mol. The van der Waals surface area contributed by atoms with Crippen LogP contribution >= 0.6 is 0 Å². The summed E-state index contributed by atoms with van der Waals surface area (Å²) in [6.45, 7) is 4.88. The summed E-state index contributed by atoms with van der Waals surface area (Å²) in [7, 11) is 0. The molecule has 0 aromatic carbocycles. The quantitative estimate of drug-likeness (QED) is 0.0323. The summed E-state index contributed by atoms with van der Waals surface area (Å²) < 4.78 is 5.45. The summed E-state index contributed by atoms with van der Waals surface area (Å²) in [5.74, 6) is -0.0908. The minimum absolute atomic E-state index is 0.0266. The maximum Gasteiger partial charge on any atom is 0.305 e. The van der Waals surface area contributed by atoms with E-state index in [-0.39, 0.29) is 18.5 Å². The van der Waals surface area contributed by atoms with E-state index in [1.807, 2.05) is 0 Å². The highest BCUT2D eigenvalue weighted by Gasteiger charge is 2.20. The van der Waals surface area contributed by atoms with Gasteiger partial charge in [-0.3, -0.25) is 9.59 Å². The number of carbonyl (C=O) groups is 2. The Morgan fingerprint density at radius 2 is 0.810 bits per heavy atom. The molecule has 0 rings (SSSR count). The van der Waals surface area contributed by atoms with Crippen molar-refractivity contribution in [2.24, 2.45) is 0 Å². The van der Waals surface area contributed by atoms with Crippen LogP contribution in [0.3, 0.4) is 0 Å². The molecule has 0 saturated carbocycles. The van der Waals surface area contributed by atoms with E-state index in [1.54, 1.807) is 0 Å². The Balaban J connectivity index is 3.46. The molecule has 2 atom stereocenters. The third-order valence-electron chi connectivity index (χ3n) is 12.1. The Labute approximate surface area is 361 Å². The number of aliphatic hydroxyl groups excluding tert-OH is 2. The van der Waals surface area contributed by atoms with E-state index >= 15 is 0 Å². The number of esters is 1. The number of aliphatic hydroxyl groups is 2. The Kier molecular flexibility index (Phi) is 47.1. The Morgan fingerprint density at radius 1 is 0.466 bits per heavy atom. The van der Waals surface area contributed by atoms with Crippen LogP contribution in [0.2, 0.25) is 0 Å². The third kappa shape index (κ3) is 44.2. The number of unbranched alkanes of at least 4 members (excludes halogenated alkanes) is 35. The fourth-order valence-corrected chi connectivity index (χ4v) is 8.05. The van der Waals surface area contributed by atoms with Gasteiger partial charge in [0.1, 0.15) is 0 Å². The average molecular weight is 820 g/mol. The maximum atomic E-state index is 12.4. The van der Waals surface area contributed by atoms with E-state index in [0.717, 1.165) is 77.0 Å². The van der Waals surface area contributed by atoms with Gasteiger partial charge in [0.15, 0.2) is 0 Å². The number of ether oxygens (including phenoxy) is 1. The minimum Gasteiger partial charge on any atom is -0.466 e. The van der Waals surface area contributed by atoms with Crippen LogP contribution in [0.1, 0.15) is 284 Å². The molecule has 0 bridgehead atoms. The zero-order valence-corrected chi connectivity index (χ0v) is 39.0. The van der Waals surface area contributed by atoms with Gasteiger partial charge < -0.3 is 20.3 Å². The predicted octanol–water partition coefficient (Wildman–Crippen LogP) is 15.3. The van der Waals surface area contributed by atoms with Gasteiger partial charge in [0.25, 0.3) is 0 Å². The molecule has 0 spiro atoms. The first-order valence-corrected chi connectivity index (χ1v) is 25.9. The second-order valence-electron chi connectivity index (χ2n) is 17.9. The first kappa shape index (κ1) is 56.6. The van der Waals surface area contributed by atoms with Crippen molar-refractivity contribution in [3.63, 3.8) is 0 Å². The highest BCUT2D eigenvalue weighted by Crippen LogP contribution is 2.17. The number of hydrogen-bond donors (Lipinski definition) is 3. The Morgan fingerprint density at radius 3 is 1.22 bits per heavy atom. The molecule has 0 radical (unpaired) electrons. The van der Waals surface area contributed by atoms with Crippen molar-refractivity contribution < 1.29 is 24.5 Å². The van der Waals surface area contributed by atoms with E-state index < -0.39 is 12.1 Å². The molecular formula is C52H101NO5. The number of nitrogens with one attached hydrogen (secondary N) is 1. The number of rotatable bonds is 48. The minimum atomic E-state index is -0.680. The van der Waals surface area contributed by atoms with Crippen LogP contribution < -0.4 is 5.32 Å². The van der Waals surface area contributed by atoms with Crippen molar-refractivity contribution in [2.45, 2.75) is 296 Å². The Bertz CT molecular complexity index is 863.